The van der Waals surface area contributed by atoms with Gasteiger partial charge in [0.05, 0.1) is 25.4 Å². The lowest BCUT2D eigenvalue weighted by molar-refractivity contribution is -0.125. The van der Waals surface area contributed by atoms with E-state index in [9.17, 15) is 9.59 Å². The molecular weight excluding hydrogens is 394 g/mol. The third-order valence-corrected chi connectivity index (χ3v) is 6.17. The predicted molar refractivity (Wildman–Crippen MR) is 118 cm³/mol. The van der Waals surface area contributed by atoms with Gasteiger partial charge in [0.1, 0.15) is 0 Å². The number of ether oxygens (including phenoxy) is 1. The van der Waals surface area contributed by atoms with Crippen LogP contribution in [-0.4, -0.2) is 64.6 Å². The SMILES string of the molecule is CCC(CC)CN1C[C@@H](n2cc(C(=O)OC)nn2)C[C@H]1C(=O)NCCc1ccccc1. The van der Waals surface area contributed by atoms with Crippen LogP contribution >= 0.6 is 0 Å². The summed E-state index contributed by atoms with van der Waals surface area (Å²) in [6.45, 7) is 6.57. The van der Waals surface area contributed by atoms with Crippen molar-refractivity contribution >= 4 is 11.9 Å². The second-order valence-corrected chi connectivity index (χ2v) is 8.14. The van der Waals surface area contributed by atoms with E-state index in [1.807, 2.05) is 18.2 Å². The molecule has 0 unspecified atom stereocenters. The molecule has 2 atom stereocenters. The van der Waals surface area contributed by atoms with Gasteiger partial charge in [-0.25, -0.2) is 9.48 Å². The number of carbonyl (C=O) groups excluding carboxylic acids is 2. The molecule has 1 fully saturated rings. The van der Waals surface area contributed by atoms with Gasteiger partial charge in [0.15, 0.2) is 5.69 Å². The molecule has 0 spiro atoms. The van der Waals surface area contributed by atoms with Crippen molar-refractivity contribution in [2.45, 2.75) is 51.6 Å². The average molecular weight is 428 g/mol. The van der Waals surface area contributed by atoms with Crippen LogP contribution in [0.1, 0.15) is 55.2 Å². The van der Waals surface area contributed by atoms with Gasteiger partial charge < -0.3 is 10.1 Å². The highest BCUT2D eigenvalue weighted by Crippen LogP contribution is 2.29. The monoisotopic (exact) mass is 427 g/mol. The number of carbonyl (C=O) groups is 2. The Morgan fingerprint density at radius 1 is 1.23 bits per heavy atom. The molecule has 1 aromatic carbocycles. The summed E-state index contributed by atoms with van der Waals surface area (Å²) in [5.41, 5.74) is 1.39. The molecule has 1 saturated heterocycles. The van der Waals surface area contributed by atoms with E-state index in [2.05, 4.69) is 46.5 Å². The minimum Gasteiger partial charge on any atom is -0.464 e. The molecule has 0 aliphatic carbocycles. The molecule has 2 aromatic rings. The number of benzene rings is 1. The maximum Gasteiger partial charge on any atom is 0.360 e. The molecular formula is C23H33N5O3. The van der Waals surface area contributed by atoms with E-state index in [1.165, 1.54) is 12.7 Å². The van der Waals surface area contributed by atoms with Gasteiger partial charge in [0, 0.05) is 19.6 Å². The molecule has 8 nitrogen and oxygen atoms in total. The van der Waals surface area contributed by atoms with Gasteiger partial charge in [-0.1, -0.05) is 62.2 Å². The second kappa shape index (κ2) is 11.0. The first kappa shape index (κ1) is 22.9. The highest BCUT2D eigenvalue weighted by Gasteiger charge is 2.38. The van der Waals surface area contributed by atoms with Crippen LogP contribution in [0.5, 0.6) is 0 Å². The highest BCUT2D eigenvalue weighted by atomic mass is 16.5. The summed E-state index contributed by atoms with van der Waals surface area (Å²) in [4.78, 5) is 27.1. The smallest absolute Gasteiger partial charge is 0.360 e. The van der Waals surface area contributed by atoms with Crippen LogP contribution in [0.25, 0.3) is 0 Å². The van der Waals surface area contributed by atoms with Crippen LogP contribution in [0, 0.1) is 5.92 Å². The number of methoxy groups -OCH3 is 1. The molecule has 1 amide bonds. The molecule has 1 N–H and O–H groups in total. The normalized spacial score (nSPS) is 19.0. The number of esters is 1. The lowest BCUT2D eigenvalue weighted by Crippen LogP contribution is -2.45. The van der Waals surface area contributed by atoms with E-state index < -0.39 is 5.97 Å². The van der Waals surface area contributed by atoms with E-state index >= 15 is 0 Å². The van der Waals surface area contributed by atoms with Crippen LogP contribution in [0.2, 0.25) is 0 Å². The molecule has 0 radical (unpaired) electrons. The van der Waals surface area contributed by atoms with Gasteiger partial charge in [-0.3, -0.25) is 9.69 Å². The summed E-state index contributed by atoms with van der Waals surface area (Å²) in [5, 5.41) is 11.2. The van der Waals surface area contributed by atoms with Crippen molar-refractivity contribution in [1.82, 2.24) is 25.2 Å². The summed E-state index contributed by atoms with van der Waals surface area (Å²) >= 11 is 0. The van der Waals surface area contributed by atoms with E-state index in [-0.39, 0.29) is 23.7 Å². The Labute approximate surface area is 183 Å². The minimum absolute atomic E-state index is 0.00913. The second-order valence-electron chi connectivity index (χ2n) is 8.14. The lowest BCUT2D eigenvalue weighted by Gasteiger charge is -2.27. The number of hydrogen-bond donors (Lipinski definition) is 1. The molecule has 0 bridgehead atoms. The quantitative estimate of drug-likeness (QED) is 0.586. The molecule has 1 aromatic heterocycles. The van der Waals surface area contributed by atoms with Crippen LogP contribution < -0.4 is 5.32 Å². The van der Waals surface area contributed by atoms with E-state index in [0.717, 1.165) is 25.8 Å². The molecule has 168 valence electrons. The first-order valence-corrected chi connectivity index (χ1v) is 11.1. The average Bonchev–Trinajstić information content (AvgIpc) is 3.45. The van der Waals surface area contributed by atoms with Crippen molar-refractivity contribution in [3.8, 4) is 0 Å². The Hall–Kier alpha value is -2.74. The van der Waals surface area contributed by atoms with E-state index in [4.69, 9.17) is 4.74 Å². The van der Waals surface area contributed by atoms with E-state index in [1.54, 1.807) is 10.9 Å². The van der Waals surface area contributed by atoms with Crippen molar-refractivity contribution in [3.63, 3.8) is 0 Å². The zero-order valence-corrected chi connectivity index (χ0v) is 18.7. The summed E-state index contributed by atoms with van der Waals surface area (Å²) in [6.07, 6.45) is 5.22. The number of hydrogen-bond acceptors (Lipinski definition) is 6. The Balaban J connectivity index is 1.66. The molecule has 1 aliphatic rings. The predicted octanol–water partition coefficient (Wildman–Crippen LogP) is 2.48. The third-order valence-electron chi connectivity index (χ3n) is 6.17. The Bertz CT molecular complexity index is 850. The zero-order chi connectivity index (χ0) is 22.2. The summed E-state index contributed by atoms with van der Waals surface area (Å²) < 4.78 is 6.42. The summed E-state index contributed by atoms with van der Waals surface area (Å²) in [7, 11) is 1.32. The maximum atomic E-state index is 13.1. The largest absolute Gasteiger partial charge is 0.464 e. The molecule has 2 heterocycles. The van der Waals surface area contributed by atoms with Gasteiger partial charge in [-0.2, -0.15) is 0 Å². The number of nitrogens with one attached hydrogen (secondary N) is 1. The molecule has 1 aliphatic heterocycles. The van der Waals surface area contributed by atoms with Crippen molar-refractivity contribution in [1.29, 1.82) is 0 Å². The zero-order valence-electron chi connectivity index (χ0n) is 18.7. The summed E-state index contributed by atoms with van der Waals surface area (Å²) in [5.74, 6) is 0.0887. The lowest BCUT2D eigenvalue weighted by atomic mass is 10.0. The van der Waals surface area contributed by atoms with E-state index in [0.29, 0.717) is 25.4 Å². The van der Waals surface area contributed by atoms with Crippen molar-refractivity contribution < 1.29 is 14.3 Å². The molecule has 8 heteroatoms. The van der Waals surface area contributed by atoms with Crippen LogP contribution in [0.4, 0.5) is 0 Å². The Kier molecular flexibility index (Phi) is 8.17. The Morgan fingerprint density at radius 2 is 1.97 bits per heavy atom. The van der Waals surface area contributed by atoms with Gasteiger partial charge in [-0.15, -0.1) is 5.10 Å². The highest BCUT2D eigenvalue weighted by molar-refractivity contribution is 5.86. The minimum atomic E-state index is -0.506. The number of rotatable bonds is 10. The molecule has 0 saturated carbocycles. The molecule has 31 heavy (non-hydrogen) atoms. The summed E-state index contributed by atoms with van der Waals surface area (Å²) in [6, 6.07) is 9.93. The van der Waals surface area contributed by atoms with Crippen molar-refractivity contribution in [2.75, 3.05) is 26.7 Å². The topological polar surface area (TPSA) is 89.3 Å². The maximum absolute atomic E-state index is 13.1. The van der Waals surface area contributed by atoms with Crippen molar-refractivity contribution in [3.05, 3.63) is 47.8 Å². The third kappa shape index (κ3) is 5.91. The fourth-order valence-corrected chi connectivity index (χ4v) is 4.17. The number of nitrogens with zero attached hydrogens (tertiary/aromatic N) is 4. The first-order valence-electron chi connectivity index (χ1n) is 11.1. The first-order chi connectivity index (χ1) is 15.0. The number of amides is 1. The van der Waals surface area contributed by atoms with Crippen LogP contribution in [-0.2, 0) is 16.0 Å². The Morgan fingerprint density at radius 3 is 2.65 bits per heavy atom. The number of likely N-dealkylation sites (tertiary alicyclic amines) is 1. The fourth-order valence-electron chi connectivity index (χ4n) is 4.17. The molecule has 3 rings (SSSR count). The standard InChI is InChI=1S/C23H33N5O3/c1-4-17(5-2)14-27-15-19(28-16-20(25-26-28)23(30)31-3)13-21(27)22(29)24-12-11-18-9-7-6-8-10-18/h6-10,16-17,19,21H,4-5,11-15H2,1-3H3,(H,24,29)/t19-,21-/m0/s1. The van der Waals surface area contributed by atoms with Gasteiger partial charge in [0.25, 0.3) is 0 Å². The van der Waals surface area contributed by atoms with Crippen molar-refractivity contribution in [2.24, 2.45) is 5.92 Å². The van der Waals surface area contributed by atoms with Crippen LogP contribution in [0.15, 0.2) is 36.5 Å². The van der Waals surface area contributed by atoms with Gasteiger partial charge >= 0.3 is 5.97 Å². The van der Waals surface area contributed by atoms with Crippen LogP contribution in [0.3, 0.4) is 0 Å². The number of aromatic nitrogens is 3. The fraction of sp³-hybridized carbons (Fsp3) is 0.565. The van der Waals surface area contributed by atoms with Gasteiger partial charge in [-0.05, 0) is 24.3 Å². The van der Waals surface area contributed by atoms with Gasteiger partial charge in [0.2, 0.25) is 5.91 Å².